The number of aromatic nitrogens is 1. The van der Waals surface area contributed by atoms with Crippen molar-refractivity contribution >= 4 is 30.8 Å². The molecule has 0 aliphatic heterocycles. The molecule has 0 aliphatic carbocycles. The number of ether oxygens (including phenoxy) is 2. The number of carbonyl (C=O) groups is 1. The molecule has 5 nitrogen and oxygen atoms in total. The Balaban J connectivity index is 0.00000242. The van der Waals surface area contributed by atoms with Crippen molar-refractivity contribution in [3.05, 3.63) is 53.9 Å². The van der Waals surface area contributed by atoms with E-state index in [1.807, 2.05) is 37.3 Å². The van der Waals surface area contributed by atoms with Gasteiger partial charge in [-0.2, -0.15) is 0 Å². The molecule has 1 aromatic heterocycles. The summed E-state index contributed by atoms with van der Waals surface area (Å²) >= 11 is 0. The number of benzene rings is 1. The van der Waals surface area contributed by atoms with Crippen molar-refractivity contribution in [1.29, 1.82) is 0 Å². The number of halogens is 2. The Labute approximate surface area is 148 Å². The highest BCUT2D eigenvalue weighted by Crippen LogP contribution is 2.22. The topological polar surface area (TPSA) is 74.4 Å². The van der Waals surface area contributed by atoms with Crippen molar-refractivity contribution in [3.8, 4) is 11.5 Å². The summed E-state index contributed by atoms with van der Waals surface area (Å²) in [6.45, 7) is 1.91. The number of hydrogen-bond acceptors (Lipinski definition) is 5. The molecule has 0 saturated heterocycles. The maximum atomic E-state index is 11.3. The van der Waals surface area contributed by atoms with Gasteiger partial charge in [-0.25, -0.2) is 0 Å². The van der Waals surface area contributed by atoms with Crippen molar-refractivity contribution < 1.29 is 14.3 Å². The van der Waals surface area contributed by atoms with Crippen LogP contribution in [0.2, 0.25) is 0 Å². The van der Waals surface area contributed by atoms with Gasteiger partial charge in [-0.05, 0) is 37.1 Å². The van der Waals surface area contributed by atoms with Gasteiger partial charge in [-0.3, -0.25) is 9.78 Å². The molecule has 0 bridgehead atoms. The van der Waals surface area contributed by atoms with Gasteiger partial charge in [0.15, 0.2) is 0 Å². The molecule has 0 unspecified atom stereocenters. The smallest absolute Gasteiger partial charge is 0.322 e. The van der Waals surface area contributed by atoms with Crippen LogP contribution in [0.5, 0.6) is 11.5 Å². The van der Waals surface area contributed by atoms with E-state index >= 15 is 0 Å². The zero-order valence-corrected chi connectivity index (χ0v) is 14.5. The molecule has 1 aromatic carbocycles. The molecule has 1 atom stereocenters. The Morgan fingerprint density at radius 3 is 2.39 bits per heavy atom. The minimum Gasteiger partial charge on any atom is -0.468 e. The monoisotopic (exact) mass is 358 g/mol. The Morgan fingerprint density at radius 2 is 1.83 bits per heavy atom. The van der Waals surface area contributed by atoms with Crippen molar-refractivity contribution in [2.24, 2.45) is 5.73 Å². The van der Waals surface area contributed by atoms with Gasteiger partial charge in [-0.15, -0.1) is 24.8 Å². The van der Waals surface area contributed by atoms with Gasteiger partial charge < -0.3 is 15.2 Å². The Hall–Kier alpha value is -1.82. The van der Waals surface area contributed by atoms with Crippen molar-refractivity contribution in [2.75, 3.05) is 7.11 Å². The van der Waals surface area contributed by atoms with E-state index in [0.717, 1.165) is 22.8 Å². The number of hydrogen-bond donors (Lipinski definition) is 1. The van der Waals surface area contributed by atoms with Gasteiger partial charge in [0.05, 0.1) is 7.11 Å². The summed E-state index contributed by atoms with van der Waals surface area (Å²) in [4.78, 5) is 15.4. The molecule has 1 heterocycles. The summed E-state index contributed by atoms with van der Waals surface area (Å²) in [6.07, 6.45) is 2.13. The van der Waals surface area contributed by atoms with Gasteiger partial charge in [0.25, 0.3) is 0 Å². The molecule has 0 radical (unpaired) electrons. The molecule has 23 heavy (non-hydrogen) atoms. The highest BCUT2D eigenvalue weighted by molar-refractivity contribution is 5.85. The van der Waals surface area contributed by atoms with Crippen LogP contribution in [-0.4, -0.2) is 24.1 Å². The number of rotatable bonds is 5. The fourth-order valence-corrected chi connectivity index (χ4v) is 1.90. The second-order valence-electron chi connectivity index (χ2n) is 4.71. The normalized spacial score (nSPS) is 10.7. The van der Waals surface area contributed by atoms with Crippen LogP contribution >= 0.6 is 24.8 Å². The third-order valence-electron chi connectivity index (χ3n) is 2.99. The highest BCUT2D eigenvalue weighted by Gasteiger charge is 2.14. The molecule has 0 amide bonds. The van der Waals surface area contributed by atoms with Crippen LogP contribution in [0.15, 0.2) is 42.6 Å². The zero-order valence-electron chi connectivity index (χ0n) is 12.9. The van der Waals surface area contributed by atoms with Crippen LogP contribution < -0.4 is 10.5 Å². The summed E-state index contributed by atoms with van der Waals surface area (Å²) in [5.41, 5.74) is 7.57. The molecule has 0 spiro atoms. The number of pyridine rings is 1. The van der Waals surface area contributed by atoms with E-state index in [9.17, 15) is 4.79 Å². The van der Waals surface area contributed by atoms with E-state index < -0.39 is 12.0 Å². The first-order valence-electron chi connectivity index (χ1n) is 6.61. The Morgan fingerprint density at radius 1 is 1.17 bits per heavy atom. The van der Waals surface area contributed by atoms with E-state index in [1.165, 1.54) is 7.11 Å². The second kappa shape index (κ2) is 10.0. The number of carbonyl (C=O) groups excluding carboxylic acids is 1. The van der Waals surface area contributed by atoms with Crippen LogP contribution in [0.4, 0.5) is 0 Å². The largest absolute Gasteiger partial charge is 0.468 e. The molecule has 0 aliphatic rings. The molecule has 2 aromatic rings. The highest BCUT2D eigenvalue weighted by atomic mass is 35.5. The number of esters is 1. The lowest BCUT2D eigenvalue weighted by Gasteiger charge is -2.10. The Bertz CT molecular complexity index is 621. The van der Waals surface area contributed by atoms with Crippen molar-refractivity contribution in [1.82, 2.24) is 4.98 Å². The summed E-state index contributed by atoms with van der Waals surface area (Å²) in [5, 5.41) is 0. The van der Waals surface area contributed by atoms with Crippen molar-refractivity contribution in [2.45, 2.75) is 19.4 Å². The first kappa shape index (κ1) is 21.2. The molecule has 7 heteroatoms. The second-order valence-corrected chi connectivity index (χ2v) is 4.71. The van der Waals surface area contributed by atoms with Gasteiger partial charge >= 0.3 is 5.97 Å². The van der Waals surface area contributed by atoms with E-state index in [4.69, 9.17) is 10.5 Å². The predicted octanol–water partition coefficient (Wildman–Crippen LogP) is 3.07. The molecule has 2 N–H and O–H groups in total. The number of nitrogens with two attached hydrogens (primary N) is 1. The van der Waals surface area contributed by atoms with Crippen LogP contribution in [0, 0.1) is 6.92 Å². The molecule has 0 fully saturated rings. The van der Waals surface area contributed by atoms with Crippen LogP contribution in [-0.2, 0) is 16.0 Å². The van der Waals surface area contributed by atoms with E-state index in [0.29, 0.717) is 6.42 Å². The maximum absolute atomic E-state index is 11.3. The lowest BCUT2D eigenvalue weighted by Crippen LogP contribution is -2.33. The van der Waals surface area contributed by atoms with Crippen LogP contribution in [0.3, 0.4) is 0 Å². The quantitative estimate of drug-likeness (QED) is 0.831. The lowest BCUT2D eigenvalue weighted by atomic mass is 10.1. The number of methoxy groups -OCH3 is 1. The minimum absolute atomic E-state index is 0. The predicted molar refractivity (Wildman–Crippen MR) is 93.7 cm³/mol. The summed E-state index contributed by atoms with van der Waals surface area (Å²) < 4.78 is 10.3. The van der Waals surface area contributed by atoms with Gasteiger partial charge in [0, 0.05) is 18.0 Å². The lowest BCUT2D eigenvalue weighted by molar-refractivity contribution is -0.142. The molecule has 2 rings (SSSR count). The fraction of sp³-hybridized carbons (Fsp3) is 0.250. The van der Waals surface area contributed by atoms with Gasteiger partial charge in [0.2, 0.25) is 0 Å². The Kier molecular flexibility index (Phi) is 9.25. The van der Waals surface area contributed by atoms with Crippen LogP contribution in [0.25, 0.3) is 0 Å². The molecule has 0 saturated carbocycles. The molecular weight excluding hydrogens is 339 g/mol. The molecule has 126 valence electrons. The first-order chi connectivity index (χ1) is 10.1. The van der Waals surface area contributed by atoms with E-state index in [2.05, 4.69) is 9.72 Å². The third kappa shape index (κ3) is 6.44. The number of nitrogens with zero attached hydrogens (tertiary/aromatic N) is 1. The summed E-state index contributed by atoms with van der Waals surface area (Å²) in [5.74, 6) is 1.04. The third-order valence-corrected chi connectivity index (χ3v) is 2.99. The first-order valence-corrected chi connectivity index (χ1v) is 6.61. The SMILES string of the molecule is COC(=O)[C@@H](N)Cc1ccc(Oc2ccnc(C)c2)cc1.Cl.Cl. The minimum atomic E-state index is -0.649. The number of aryl methyl sites for hydroxylation is 1. The molecular formula is C16H20Cl2N2O3. The zero-order chi connectivity index (χ0) is 15.2. The average molecular weight is 359 g/mol. The summed E-state index contributed by atoms with van der Waals surface area (Å²) in [7, 11) is 1.33. The van der Waals surface area contributed by atoms with Crippen LogP contribution in [0.1, 0.15) is 11.3 Å². The summed E-state index contributed by atoms with van der Waals surface area (Å²) in [6, 6.07) is 10.5. The van der Waals surface area contributed by atoms with Crippen molar-refractivity contribution in [3.63, 3.8) is 0 Å². The maximum Gasteiger partial charge on any atom is 0.322 e. The van der Waals surface area contributed by atoms with Gasteiger partial charge in [-0.1, -0.05) is 12.1 Å². The average Bonchev–Trinajstić information content (AvgIpc) is 2.48. The fourth-order valence-electron chi connectivity index (χ4n) is 1.90. The van der Waals surface area contributed by atoms with Gasteiger partial charge in [0.1, 0.15) is 17.5 Å². The van der Waals surface area contributed by atoms with E-state index in [1.54, 1.807) is 12.3 Å². The standard InChI is InChI=1S/C16H18N2O3.2ClH/c1-11-9-14(7-8-18-11)21-13-5-3-12(4-6-13)10-15(17)16(19)20-2;;/h3-9,15H,10,17H2,1-2H3;2*1H/t15-;;/m0../s1. The van der Waals surface area contributed by atoms with E-state index in [-0.39, 0.29) is 24.8 Å².